The molecule has 0 N–H and O–H groups in total. The van der Waals surface area contributed by atoms with Crippen molar-refractivity contribution in [2.24, 2.45) is 0 Å². The van der Waals surface area contributed by atoms with Gasteiger partial charge in [0, 0.05) is 32.0 Å². The van der Waals surface area contributed by atoms with Gasteiger partial charge in [0.2, 0.25) is 0 Å². The fourth-order valence-corrected chi connectivity index (χ4v) is 7.61. The summed E-state index contributed by atoms with van der Waals surface area (Å²) in [6, 6.07) is 1.97. The topological polar surface area (TPSA) is 27.7 Å². The summed E-state index contributed by atoms with van der Waals surface area (Å²) >= 11 is 16.9. The smallest absolute Gasteiger partial charge is 0.338 e. The number of hydrogen-bond donors (Lipinski definition) is 4. The summed E-state index contributed by atoms with van der Waals surface area (Å²) in [6.45, 7) is 4.28. The van der Waals surface area contributed by atoms with Gasteiger partial charge in [0.25, 0.3) is 0 Å². The standard InChI is InChI=1S/C7H18O2S2Si.C5H14OS2Si/c1-8-12(9-2,7-5-11)6-3-4-10;1-6-9(2,3)5(8)4-7/h10-11H,3-7H2,1-2H3;5,7-8H,4H2,1-3H3. The van der Waals surface area contributed by atoms with E-state index in [1.807, 2.05) is 0 Å². The van der Waals surface area contributed by atoms with Gasteiger partial charge in [-0.25, -0.2) is 0 Å². The third-order valence-electron chi connectivity index (χ3n) is 3.45. The van der Waals surface area contributed by atoms with Crippen LogP contribution >= 0.6 is 50.5 Å². The van der Waals surface area contributed by atoms with Crippen LogP contribution in [0.2, 0.25) is 25.2 Å². The first-order valence-electron chi connectivity index (χ1n) is 6.95. The van der Waals surface area contributed by atoms with Crippen molar-refractivity contribution in [2.75, 3.05) is 38.6 Å². The highest BCUT2D eigenvalue weighted by Gasteiger charge is 2.33. The molecule has 21 heavy (non-hydrogen) atoms. The molecule has 1 unspecified atom stereocenters. The molecule has 1 atom stereocenters. The molecular formula is C12H32O3S4Si2. The molecule has 0 aromatic rings. The summed E-state index contributed by atoms with van der Waals surface area (Å²) in [5, 5.41) is 0. The fourth-order valence-electron chi connectivity index (χ4n) is 1.49. The lowest BCUT2D eigenvalue weighted by atomic mass is 10.6. The van der Waals surface area contributed by atoms with E-state index in [2.05, 4.69) is 63.6 Å². The summed E-state index contributed by atoms with van der Waals surface area (Å²) in [5.41, 5.74) is 0. The van der Waals surface area contributed by atoms with Crippen molar-refractivity contribution in [2.45, 2.75) is 36.5 Å². The lowest BCUT2D eigenvalue weighted by Crippen LogP contribution is -2.41. The molecule has 0 amide bonds. The zero-order valence-electron chi connectivity index (χ0n) is 13.8. The van der Waals surface area contributed by atoms with Crippen LogP contribution < -0.4 is 0 Å². The Labute approximate surface area is 155 Å². The van der Waals surface area contributed by atoms with Gasteiger partial charge in [0.15, 0.2) is 8.32 Å². The van der Waals surface area contributed by atoms with Crippen molar-refractivity contribution >= 4 is 67.4 Å². The van der Waals surface area contributed by atoms with Crippen molar-refractivity contribution < 1.29 is 13.3 Å². The van der Waals surface area contributed by atoms with Gasteiger partial charge in [-0.3, -0.25) is 0 Å². The van der Waals surface area contributed by atoms with Gasteiger partial charge < -0.3 is 13.3 Å². The molecule has 0 aromatic carbocycles. The fraction of sp³-hybridized carbons (Fsp3) is 1.00. The predicted molar refractivity (Wildman–Crippen MR) is 113 cm³/mol. The van der Waals surface area contributed by atoms with Gasteiger partial charge in [0.05, 0.1) is 0 Å². The molecule has 0 heterocycles. The summed E-state index contributed by atoms with van der Waals surface area (Å²) in [4.78, 5) is 0.339. The maximum atomic E-state index is 5.46. The minimum absolute atomic E-state index is 0.339. The highest BCUT2D eigenvalue weighted by atomic mass is 32.1. The van der Waals surface area contributed by atoms with Gasteiger partial charge >= 0.3 is 8.56 Å². The van der Waals surface area contributed by atoms with Crippen molar-refractivity contribution in [1.29, 1.82) is 0 Å². The van der Waals surface area contributed by atoms with Crippen LogP contribution in [0.4, 0.5) is 0 Å². The molecule has 0 bridgehead atoms. The highest BCUT2D eigenvalue weighted by molar-refractivity contribution is 7.86. The second-order valence-electron chi connectivity index (χ2n) is 5.13. The van der Waals surface area contributed by atoms with Gasteiger partial charge in [-0.15, -0.1) is 0 Å². The van der Waals surface area contributed by atoms with Crippen molar-refractivity contribution in [1.82, 2.24) is 0 Å². The SMILES string of the molecule is CO[Si](C)(C)C(S)CS.CO[Si](CCS)(CCCS)OC. The molecular weight excluding hydrogens is 377 g/mol. The van der Waals surface area contributed by atoms with Gasteiger partial charge in [-0.2, -0.15) is 50.5 Å². The molecule has 3 nitrogen and oxygen atoms in total. The summed E-state index contributed by atoms with van der Waals surface area (Å²) < 4.78 is 16.2. The van der Waals surface area contributed by atoms with E-state index in [0.717, 1.165) is 35.8 Å². The van der Waals surface area contributed by atoms with Crippen LogP contribution in [0.1, 0.15) is 6.42 Å². The monoisotopic (exact) mass is 408 g/mol. The largest absolute Gasteiger partial charge is 0.419 e. The first kappa shape index (κ1) is 25.0. The van der Waals surface area contributed by atoms with Crippen LogP contribution in [-0.2, 0) is 13.3 Å². The number of hydrogen-bond acceptors (Lipinski definition) is 7. The predicted octanol–water partition coefficient (Wildman–Crippen LogP) is 3.58. The zero-order chi connectivity index (χ0) is 16.9. The van der Waals surface area contributed by atoms with Crippen molar-refractivity contribution in [3.8, 4) is 0 Å². The molecule has 9 heteroatoms. The van der Waals surface area contributed by atoms with Crippen LogP contribution in [0.3, 0.4) is 0 Å². The average molecular weight is 409 g/mol. The Bertz CT molecular complexity index is 245. The normalized spacial score (nSPS) is 13.6. The minimum atomic E-state index is -1.89. The number of thiol groups is 4. The van der Waals surface area contributed by atoms with Crippen LogP contribution in [0.25, 0.3) is 0 Å². The summed E-state index contributed by atoms with van der Waals surface area (Å²) in [7, 11) is 1.83. The van der Waals surface area contributed by atoms with E-state index in [1.165, 1.54) is 0 Å². The quantitative estimate of drug-likeness (QED) is 0.329. The molecule has 0 aliphatic rings. The lowest BCUT2D eigenvalue weighted by Gasteiger charge is -2.26. The maximum absolute atomic E-state index is 5.46. The van der Waals surface area contributed by atoms with Crippen LogP contribution in [0.15, 0.2) is 0 Å². The molecule has 0 saturated heterocycles. The molecule has 0 aliphatic heterocycles. The second-order valence-corrected chi connectivity index (χ2v) is 15.4. The Hall–Kier alpha value is 1.71. The van der Waals surface area contributed by atoms with E-state index in [1.54, 1.807) is 21.3 Å². The molecule has 130 valence electrons. The Kier molecular flexibility index (Phi) is 16.7. The maximum Gasteiger partial charge on any atom is 0.338 e. The van der Waals surface area contributed by atoms with Crippen molar-refractivity contribution in [3.63, 3.8) is 0 Å². The van der Waals surface area contributed by atoms with E-state index in [4.69, 9.17) is 13.3 Å². The molecule has 0 spiro atoms. The van der Waals surface area contributed by atoms with E-state index < -0.39 is 16.9 Å². The Morgan fingerprint density at radius 3 is 1.62 bits per heavy atom. The van der Waals surface area contributed by atoms with Crippen LogP contribution in [0.5, 0.6) is 0 Å². The zero-order valence-corrected chi connectivity index (χ0v) is 19.4. The Morgan fingerprint density at radius 2 is 1.38 bits per heavy atom. The highest BCUT2D eigenvalue weighted by Crippen LogP contribution is 2.20. The third-order valence-corrected chi connectivity index (χ3v) is 13.9. The van der Waals surface area contributed by atoms with Gasteiger partial charge in [-0.05, 0) is 43.1 Å². The molecule has 0 radical (unpaired) electrons. The van der Waals surface area contributed by atoms with Gasteiger partial charge in [-0.1, -0.05) is 0 Å². The average Bonchev–Trinajstić information content (AvgIpc) is 2.51. The molecule has 0 aliphatic carbocycles. The second kappa shape index (κ2) is 14.1. The lowest BCUT2D eigenvalue weighted by molar-refractivity contribution is 0.243. The molecule has 0 aromatic heterocycles. The van der Waals surface area contributed by atoms with E-state index in [9.17, 15) is 0 Å². The summed E-state index contributed by atoms with van der Waals surface area (Å²) in [5.74, 6) is 2.53. The van der Waals surface area contributed by atoms with E-state index >= 15 is 0 Å². The molecule has 0 fully saturated rings. The van der Waals surface area contributed by atoms with E-state index in [0.29, 0.717) is 4.87 Å². The molecule has 0 saturated carbocycles. The first-order valence-corrected chi connectivity index (χ1v) is 14.6. The third kappa shape index (κ3) is 11.0. The Morgan fingerprint density at radius 1 is 0.857 bits per heavy atom. The van der Waals surface area contributed by atoms with Gasteiger partial charge in [0.1, 0.15) is 0 Å². The molecule has 0 rings (SSSR count). The van der Waals surface area contributed by atoms with Crippen molar-refractivity contribution in [3.05, 3.63) is 0 Å². The first-order chi connectivity index (χ1) is 9.78. The van der Waals surface area contributed by atoms with Crippen LogP contribution in [0, 0.1) is 0 Å². The van der Waals surface area contributed by atoms with E-state index in [-0.39, 0.29) is 0 Å². The Balaban J connectivity index is 0. The minimum Gasteiger partial charge on any atom is -0.419 e. The number of rotatable bonds is 10. The summed E-state index contributed by atoms with van der Waals surface area (Å²) in [6.07, 6.45) is 1.06. The van der Waals surface area contributed by atoms with Crippen LogP contribution in [-0.4, -0.2) is 60.3 Å².